The number of phenols is 1. The highest BCUT2D eigenvalue weighted by Gasteiger charge is 2.06. The van der Waals surface area contributed by atoms with Gasteiger partial charge in [-0.15, -0.1) is 11.8 Å². The summed E-state index contributed by atoms with van der Waals surface area (Å²) in [4.78, 5) is 11.8. The third-order valence-electron chi connectivity index (χ3n) is 2.90. The van der Waals surface area contributed by atoms with E-state index in [2.05, 4.69) is 26.5 Å². The molecule has 126 valence electrons. The zero-order chi connectivity index (χ0) is 17.5. The molecule has 2 N–H and O–H groups in total. The van der Waals surface area contributed by atoms with E-state index in [0.717, 1.165) is 10.0 Å². The molecule has 0 heterocycles. The minimum atomic E-state index is -0.240. The number of hydrogen-bond donors (Lipinski definition) is 2. The van der Waals surface area contributed by atoms with Crippen LogP contribution in [0, 0.1) is 0 Å². The second-order valence-corrected chi connectivity index (χ2v) is 7.39. The number of thioether (sulfide) groups is 1. The van der Waals surface area contributed by atoms with E-state index in [0.29, 0.717) is 16.3 Å². The van der Waals surface area contributed by atoms with Crippen LogP contribution in [0.5, 0.6) is 5.75 Å². The summed E-state index contributed by atoms with van der Waals surface area (Å²) < 4.78 is 1.02. The molecule has 2 rings (SSSR count). The normalized spacial score (nSPS) is 11.0. The van der Waals surface area contributed by atoms with Gasteiger partial charge in [-0.25, -0.2) is 5.43 Å². The summed E-state index contributed by atoms with van der Waals surface area (Å²) in [5.74, 6) is 0.600. The first kappa shape index (κ1) is 19.1. The standard InChI is InChI=1S/C16H13BrCl2N2O2S/c17-13-4-2-1-3-10(13)8-24-9-15(22)21-20-7-11-5-12(18)6-14(19)16(11)23/h1-7,23H,8-9H2,(H,21,22). The van der Waals surface area contributed by atoms with Crippen molar-refractivity contribution in [1.82, 2.24) is 5.43 Å². The van der Waals surface area contributed by atoms with Gasteiger partial charge in [0, 0.05) is 20.8 Å². The molecule has 0 saturated carbocycles. The average molecular weight is 448 g/mol. The van der Waals surface area contributed by atoms with Gasteiger partial charge in [-0.05, 0) is 23.8 Å². The van der Waals surface area contributed by atoms with E-state index in [1.807, 2.05) is 24.3 Å². The van der Waals surface area contributed by atoms with Crippen LogP contribution in [0.15, 0.2) is 46.0 Å². The van der Waals surface area contributed by atoms with Crippen molar-refractivity contribution in [3.63, 3.8) is 0 Å². The summed E-state index contributed by atoms with van der Waals surface area (Å²) in [7, 11) is 0. The second-order valence-electron chi connectivity index (χ2n) is 4.70. The fraction of sp³-hybridized carbons (Fsp3) is 0.125. The number of hydrogen-bond acceptors (Lipinski definition) is 4. The molecule has 0 atom stereocenters. The number of aromatic hydroxyl groups is 1. The minimum Gasteiger partial charge on any atom is -0.506 e. The predicted molar refractivity (Wildman–Crippen MR) is 104 cm³/mol. The van der Waals surface area contributed by atoms with Crippen LogP contribution in [-0.2, 0) is 10.5 Å². The van der Waals surface area contributed by atoms with E-state index >= 15 is 0 Å². The Morgan fingerprint density at radius 1 is 1.33 bits per heavy atom. The van der Waals surface area contributed by atoms with Crippen LogP contribution in [0.3, 0.4) is 0 Å². The van der Waals surface area contributed by atoms with Gasteiger partial charge in [-0.3, -0.25) is 4.79 Å². The molecule has 0 aliphatic carbocycles. The highest BCUT2D eigenvalue weighted by atomic mass is 79.9. The summed E-state index contributed by atoms with van der Waals surface area (Å²) in [6.45, 7) is 0. The van der Waals surface area contributed by atoms with E-state index < -0.39 is 0 Å². The Labute approximate surface area is 162 Å². The lowest BCUT2D eigenvalue weighted by Gasteiger charge is -2.04. The Hall–Kier alpha value is -1.21. The van der Waals surface area contributed by atoms with Crippen LogP contribution in [-0.4, -0.2) is 23.0 Å². The molecule has 2 aromatic rings. The van der Waals surface area contributed by atoms with Crippen molar-refractivity contribution in [2.24, 2.45) is 5.10 Å². The number of amides is 1. The molecular formula is C16H13BrCl2N2O2S. The van der Waals surface area contributed by atoms with Crippen molar-refractivity contribution < 1.29 is 9.90 Å². The van der Waals surface area contributed by atoms with Crippen molar-refractivity contribution in [2.75, 3.05) is 5.75 Å². The molecule has 0 saturated heterocycles. The molecule has 2 aromatic carbocycles. The summed E-state index contributed by atoms with van der Waals surface area (Å²) >= 11 is 16.6. The lowest BCUT2D eigenvalue weighted by molar-refractivity contribution is -0.118. The SMILES string of the molecule is O=C(CSCc1ccccc1Br)NN=Cc1cc(Cl)cc(Cl)c1O. The summed E-state index contributed by atoms with van der Waals surface area (Å²) in [6.07, 6.45) is 1.30. The van der Waals surface area contributed by atoms with Crippen LogP contribution < -0.4 is 5.43 Å². The monoisotopic (exact) mass is 446 g/mol. The summed E-state index contributed by atoms with van der Waals surface area (Å²) in [5.41, 5.74) is 3.85. The zero-order valence-corrected chi connectivity index (χ0v) is 16.2. The van der Waals surface area contributed by atoms with Crippen molar-refractivity contribution in [3.8, 4) is 5.75 Å². The van der Waals surface area contributed by atoms with Crippen molar-refractivity contribution in [2.45, 2.75) is 5.75 Å². The second kappa shape index (κ2) is 9.32. The topological polar surface area (TPSA) is 61.7 Å². The van der Waals surface area contributed by atoms with Crippen LogP contribution in [0.1, 0.15) is 11.1 Å². The Kier molecular flexibility index (Phi) is 7.42. The minimum absolute atomic E-state index is 0.124. The molecule has 24 heavy (non-hydrogen) atoms. The number of phenolic OH excluding ortho intramolecular Hbond substituents is 1. The molecule has 4 nitrogen and oxygen atoms in total. The highest BCUT2D eigenvalue weighted by molar-refractivity contribution is 9.10. The van der Waals surface area contributed by atoms with E-state index in [9.17, 15) is 9.90 Å². The average Bonchev–Trinajstić information content (AvgIpc) is 2.54. The maximum Gasteiger partial charge on any atom is 0.250 e. The van der Waals surface area contributed by atoms with Gasteiger partial charge in [0.1, 0.15) is 5.75 Å². The molecule has 0 fully saturated rings. The molecule has 0 bridgehead atoms. The Morgan fingerprint density at radius 3 is 2.83 bits per heavy atom. The number of benzene rings is 2. The molecule has 0 aromatic heterocycles. The lowest BCUT2D eigenvalue weighted by Crippen LogP contribution is -2.19. The summed E-state index contributed by atoms with van der Waals surface area (Å²) in [5, 5.41) is 14.1. The fourth-order valence-corrected chi connectivity index (χ4v) is 3.70. The van der Waals surface area contributed by atoms with E-state index in [4.69, 9.17) is 23.2 Å². The van der Waals surface area contributed by atoms with Crippen molar-refractivity contribution in [3.05, 3.63) is 62.0 Å². The number of halogens is 3. The maximum absolute atomic E-state index is 11.8. The Balaban J connectivity index is 1.82. The third kappa shape index (κ3) is 5.70. The van der Waals surface area contributed by atoms with Gasteiger partial charge in [0.25, 0.3) is 0 Å². The Morgan fingerprint density at radius 2 is 2.08 bits per heavy atom. The highest BCUT2D eigenvalue weighted by Crippen LogP contribution is 2.29. The quantitative estimate of drug-likeness (QED) is 0.491. The smallest absolute Gasteiger partial charge is 0.250 e. The molecule has 1 amide bonds. The third-order valence-corrected chi connectivity index (χ3v) is 5.16. The fourth-order valence-electron chi connectivity index (χ4n) is 1.76. The molecule has 0 spiro atoms. The maximum atomic E-state index is 11.8. The predicted octanol–water partition coefficient (Wildman–Crippen LogP) is 4.85. The molecule has 0 aliphatic heterocycles. The first-order valence-electron chi connectivity index (χ1n) is 6.78. The van der Waals surface area contributed by atoms with Gasteiger partial charge in [-0.1, -0.05) is 57.3 Å². The zero-order valence-electron chi connectivity index (χ0n) is 12.3. The van der Waals surface area contributed by atoms with Crippen molar-refractivity contribution >= 4 is 63.0 Å². The molecular weight excluding hydrogens is 435 g/mol. The van der Waals surface area contributed by atoms with Crippen molar-refractivity contribution in [1.29, 1.82) is 0 Å². The lowest BCUT2D eigenvalue weighted by atomic mass is 10.2. The first-order valence-corrected chi connectivity index (χ1v) is 9.49. The largest absolute Gasteiger partial charge is 0.506 e. The van der Waals surface area contributed by atoms with Crippen LogP contribution >= 0.6 is 50.9 Å². The van der Waals surface area contributed by atoms with Crippen LogP contribution in [0.2, 0.25) is 10.0 Å². The Bertz CT molecular complexity index is 772. The number of nitrogens with zero attached hydrogens (tertiary/aromatic N) is 1. The first-order chi connectivity index (χ1) is 11.5. The molecule has 0 unspecified atom stereocenters. The number of carbonyl (C=O) groups is 1. The van der Waals surface area contributed by atoms with Gasteiger partial charge in [-0.2, -0.15) is 5.10 Å². The molecule has 0 radical (unpaired) electrons. The van der Waals surface area contributed by atoms with Gasteiger partial charge in [0.2, 0.25) is 5.91 Å². The van der Waals surface area contributed by atoms with Crippen LogP contribution in [0.4, 0.5) is 0 Å². The summed E-state index contributed by atoms with van der Waals surface area (Å²) in [6, 6.07) is 10.8. The molecule has 0 aliphatic rings. The number of carbonyl (C=O) groups excluding carboxylic acids is 1. The van der Waals surface area contributed by atoms with Gasteiger partial charge in [0.05, 0.1) is 17.0 Å². The van der Waals surface area contributed by atoms with Crippen LogP contribution in [0.25, 0.3) is 0 Å². The number of rotatable bonds is 6. The van der Waals surface area contributed by atoms with Gasteiger partial charge in [0.15, 0.2) is 0 Å². The van der Waals surface area contributed by atoms with E-state index in [1.54, 1.807) is 0 Å². The van der Waals surface area contributed by atoms with E-state index in [-0.39, 0.29) is 22.4 Å². The van der Waals surface area contributed by atoms with Gasteiger partial charge < -0.3 is 5.11 Å². The number of nitrogens with one attached hydrogen (secondary N) is 1. The van der Waals surface area contributed by atoms with Gasteiger partial charge >= 0.3 is 0 Å². The molecule has 8 heteroatoms. The van der Waals surface area contributed by atoms with E-state index in [1.165, 1.54) is 30.1 Å². The number of hydrazone groups is 1.